The van der Waals surface area contributed by atoms with Crippen molar-refractivity contribution >= 4 is 17.5 Å². The number of aromatic nitrogens is 1. The Bertz CT molecular complexity index is 394. The summed E-state index contributed by atoms with van der Waals surface area (Å²) in [6.07, 6.45) is 2.58. The van der Waals surface area contributed by atoms with Crippen LogP contribution < -0.4 is 0 Å². The zero-order chi connectivity index (χ0) is 12.3. The molecular formula is C12H15ClN2O2. The Labute approximate surface area is 106 Å². The molecule has 0 spiro atoms. The van der Waals surface area contributed by atoms with Crippen LogP contribution in [-0.4, -0.2) is 41.6 Å². The monoisotopic (exact) mass is 254 g/mol. The molecule has 0 aromatic carbocycles. The van der Waals surface area contributed by atoms with Gasteiger partial charge in [-0.2, -0.15) is 0 Å². The van der Waals surface area contributed by atoms with Crippen LogP contribution in [0.15, 0.2) is 18.3 Å². The lowest BCUT2D eigenvalue weighted by Gasteiger charge is -2.32. The number of morpholine rings is 1. The van der Waals surface area contributed by atoms with E-state index in [0.29, 0.717) is 30.4 Å². The summed E-state index contributed by atoms with van der Waals surface area (Å²) < 4.78 is 5.53. The smallest absolute Gasteiger partial charge is 0.255 e. The van der Waals surface area contributed by atoms with Gasteiger partial charge in [-0.15, -0.1) is 0 Å². The molecular weight excluding hydrogens is 240 g/mol. The van der Waals surface area contributed by atoms with Gasteiger partial charge >= 0.3 is 0 Å². The summed E-state index contributed by atoms with van der Waals surface area (Å²) in [5, 5.41) is 0.398. The first kappa shape index (κ1) is 12.3. The highest BCUT2D eigenvalue weighted by atomic mass is 35.5. The second-order valence-electron chi connectivity index (χ2n) is 4.02. The Hall–Kier alpha value is -1.13. The minimum absolute atomic E-state index is 0.00378. The third-order valence-electron chi connectivity index (χ3n) is 2.86. The highest BCUT2D eigenvalue weighted by Gasteiger charge is 2.23. The van der Waals surface area contributed by atoms with Gasteiger partial charge < -0.3 is 9.64 Å². The topological polar surface area (TPSA) is 42.4 Å². The molecule has 1 fully saturated rings. The van der Waals surface area contributed by atoms with E-state index in [0.717, 1.165) is 6.42 Å². The molecule has 1 amide bonds. The summed E-state index contributed by atoms with van der Waals surface area (Å²) in [5.74, 6) is -0.00378. The van der Waals surface area contributed by atoms with E-state index in [-0.39, 0.29) is 12.0 Å². The molecule has 17 heavy (non-hydrogen) atoms. The van der Waals surface area contributed by atoms with Crippen LogP contribution in [0.1, 0.15) is 23.7 Å². The number of halogens is 1. The molecule has 1 saturated heterocycles. The molecule has 1 aromatic heterocycles. The minimum atomic E-state index is -0.00378. The van der Waals surface area contributed by atoms with Gasteiger partial charge in [-0.05, 0) is 18.6 Å². The quantitative estimate of drug-likeness (QED) is 0.758. The van der Waals surface area contributed by atoms with E-state index in [9.17, 15) is 4.79 Å². The van der Waals surface area contributed by atoms with Crippen molar-refractivity contribution in [1.82, 2.24) is 9.88 Å². The lowest BCUT2D eigenvalue weighted by atomic mass is 10.2. The van der Waals surface area contributed by atoms with Crippen LogP contribution in [0.2, 0.25) is 5.15 Å². The number of amides is 1. The number of hydrogen-bond donors (Lipinski definition) is 0. The van der Waals surface area contributed by atoms with Gasteiger partial charge in [0.25, 0.3) is 5.91 Å². The maximum Gasteiger partial charge on any atom is 0.255 e. The van der Waals surface area contributed by atoms with E-state index in [1.54, 1.807) is 12.1 Å². The number of carbonyl (C=O) groups excluding carboxylic acids is 1. The van der Waals surface area contributed by atoms with E-state index < -0.39 is 0 Å². The van der Waals surface area contributed by atoms with E-state index >= 15 is 0 Å². The summed E-state index contributed by atoms with van der Waals surface area (Å²) in [4.78, 5) is 17.9. The van der Waals surface area contributed by atoms with Gasteiger partial charge in [0, 0.05) is 19.3 Å². The Morgan fingerprint density at radius 1 is 1.65 bits per heavy atom. The maximum atomic E-state index is 12.2. The SMILES string of the molecule is CCC1CN(C(=O)c2ccc(Cl)nc2)CCO1. The summed E-state index contributed by atoms with van der Waals surface area (Å²) in [6, 6.07) is 3.33. The number of pyridine rings is 1. The highest BCUT2D eigenvalue weighted by molar-refractivity contribution is 6.29. The van der Waals surface area contributed by atoms with Gasteiger partial charge in [0.1, 0.15) is 5.15 Å². The molecule has 1 aliphatic rings. The van der Waals surface area contributed by atoms with Crippen molar-refractivity contribution in [3.8, 4) is 0 Å². The zero-order valence-electron chi connectivity index (χ0n) is 9.73. The van der Waals surface area contributed by atoms with E-state index in [1.807, 2.05) is 4.90 Å². The summed E-state index contributed by atoms with van der Waals surface area (Å²) >= 11 is 5.69. The standard InChI is InChI=1S/C12H15ClN2O2/c1-2-10-8-15(5-6-17-10)12(16)9-3-4-11(13)14-7-9/h3-4,7,10H,2,5-6,8H2,1H3. The second-order valence-corrected chi connectivity index (χ2v) is 4.41. The molecule has 1 unspecified atom stereocenters. The van der Waals surface area contributed by atoms with Crippen molar-refractivity contribution in [3.63, 3.8) is 0 Å². The van der Waals surface area contributed by atoms with Crippen molar-refractivity contribution < 1.29 is 9.53 Å². The Balaban J connectivity index is 2.06. The number of nitrogens with zero attached hydrogens (tertiary/aromatic N) is 2. The first-order chi connectivity index (χ1) is 8.20. The first-order valence-corrected chi connectivity index (χ1v) is 6.11. The molecule has 1 aliphatic heterocycles. The van der Waals surface area contributed by atoms with Crippen LogP contribution >= 0.6 is 11.6 Å². The lowest BCUT2D eigenvalue weighted by Crippen LogP contribution is -2.45. The number of ether oxygens (including phenoxy) is 1. The Kier molecular flexibility index (Phi) is 3.97. The van der Waals surface area contributed by atoms with Crippen molar-refractivity contribution in [2.45, 2.75) is 19.4 Å². The molecule has 5 heteroatoms. The third-order valence-corrected chi connectivity index (χ3v) is 3.08. The van der Waals surface area contributed by atoms with E-state index in [1.165, 1.54) is 6.20 Å². The van der Waals surface area contributed by atoms with Gasteiger partial charge in [0.05, 0.1) is 18.3 Å². The lowest BCUT2D eigenvalue weighted by molar-refractivity contribution is -0.0226. The Morgan fingerprint density at radius 2 is 2.47 bits per heavy atom. The van der Waals surface area contributed by atoms with Crippen LogP contribution in [0, 0.1) is 0 Å². The molecule has 92 valence electrons. The number of rotatable bonds is 2. The van der Waals surface area contributed by atoms with Crippen LogP contribution in [0.4, 0.5) is 0 Å². The average molecular weight is 255 g/mol. The molecule has 2 rings (SSSR count). The van der Waals surface area contributed by atoms with Gasteiger partial charge in [0.15, 0.2) is 0 Å². The van der Waals surface area contributed by atoms with Gasteiger partial charge in [-0.3, -0.25) is 4.79 Å². The van der Waals surface area contributed by atoms with Crippen molar-refractivity contribution in [2.75, 3.05) is 19.7 Å². The number of carbonyl (C=O) groups is 1. The van der Waals surface area contributed by atoms with Crippen LogP contribution in [0.5, 0.6) is 0 Å². The van der Waals surface area contributed by atoms with Gasteiger partial charge in [-0.1, -0.05) is 18.5 Å². The predicted octanol–water partition coefficient (Wildman–Crippen LogP) is 1.99. The molecule has 1 atom stereocenters. The highest BCUT2D eigenvalue weighted by Crippen LogP contribution is 2.13. The first-order valence-electron chi connectivity index (χ1n) is 5.73. The van der Waals surface area contributed by atoms with Crippen molar-refractivity contribution in [1.29, 1.82) is 0 Å². The number of hydrogen-bond acceptors (Lipinski definition) is 3. The molecule has 0 bridgehead atoms. The summed E-state index contributed by atoms with van der Waals surface area (Å²) in [5.41, 5.74) is 0.575. The van der Waals surface area contributed by atoms with Gasteiger partial charge in [-0.25, -0.2) is 4.98 Å². The molecule has 2 heterocycles. The average Bonchev–Trinajstić information content (AvgIpc) is 2.39. The molecule has 0 aliphatic carbocycles. The normalized spacial score (nSPS) is 20.4. The molecule has 1 aromatic rings. The molecule has 0 radical (unpaired) electrons. The summed E-state index contributed by atoms with van der Waals surface area (Å²) in [6.45, 7) is 3.95. The van der Waals surface area contributed by atoms with E-state index in [4.69, 9.17) is 16.3 Å². The van der Waals surface area contributed by atoms with Crippen LogP contribution in [0.3, 0.4) is 0 Å². The van der Waals surface area contributed by atoms with E-state index in [2.05, 4.69) is 11.9 Å². The fourth-order valence-corrected chi connectivity index (χ4v) is 1.95. The molecule has 0 saturated carbocycles. The fourth-order valence-electron chi connectivity index (χ4n) is 1.84. The van der Waals surface area contributed by atoms with Crippen LogP contribution in [-0.2, 0) is 4.74 Å². The zero-order valence-corrected chi connectivity index (χ0v) is 10.5. The summed E-state index contributed by atoms with van der Waals surface area (Å²) in [7, 11) is 0. The minimum Gasteiger partial charge on any atom is -0.375 e. The predicted molar refractivity (Wildman–Crippen MR) is 65.2 cm³/mol. The molecule has 4 nitrogen and oxygen atoms in total. The largest absolute Gasteiger partial charge is 0.375 e. The fraction of sp³-hybridized carbons (Fsp3) is 0.500. The second kappa shape index (κ2) is 5.47. The van der Waals surface area contributed by atoms with Crippen LogP contribution in [0.25, 0.3) is 0 Å². The van der Waals surface area contributed by atoms with Crippen molar-refractivity contribution in [2.24, 2.45) is 0 Å². The van der Waals surface area contributed by atoms with Gasteiger partial charge in [0.2, 0.25) is 0 Å². The third kappa shape index (κ3) is 2.96. The maximum absolute atomic E-state index is 12.2. The molecule has 0 N–H and O–H groups in total. The van der Waals surface area contributed by atoms with Crippen molar-refractivity contribution in [3.05, 3.63) is 29.0 Å². The Morgan fingerprint density at radius 3 is 3.12 bits per heavy atom.